The molecule has 0 spiro atoms. The van der Waals surface area contributed by atoms with E-state index >= 15 is 0 Å². The Morgan fingerprint density at radius 1 is 1.32 bits per heavy atom. The lowest BCUT2D eigenvalue weighted by atomic mass is 10.0. The fraction of sp³-hybridized carbons (Fsp3) is 0.467. The third kappa shape index (κ3) is 2.78. The minimum absolute atomic E-state index is 0.0280. The Kier molecular flexibility index (Phi) is 3.60. The van der Waals surface area contributed by atoms with Gasteiger partial charge in [-0.2, -0.15) is 0 Å². The summed E-state index contributed by atoms with van der Waals surface area (Å²) in [6.45, 7) is 6.02. The largest absolute Gasteiger partial charge is 0.484 e. The molecule has 4 nitrogen and oxygen atoms in total. The lowest BCUT2D eigenvalue weighted by Crippen LogP contribution is -2.48. The highest BCUT2D eigenvalue weighted by atomic mass is 16.5. The highest BCUT2D eigenvalue weighted by Gasteiger charge is 2.42. The van der Waals surface area contributed by atoms with Crippen LogP contribution in [0.3, 0.4) is 0 Å². The Labute approximate surface area is 113 Å². The number of ether oxygens (including phenoxy) is 1. The van der Waals surface area contributed by atoms with Crippen LogP contribution in [0.2, 0.25) is 0 Å². The number of carbonyl (C=O) groups excluding carboxylic acids is 2. The van der Waals surface area contributed by atoms with E-state index in [0.717, 1.165) is 5.56 Å². The summed E-state index contributed by atoms with van der Waals surface area (Å²) in [7, 11) is 0. The maximum absolute atomic E-state index is 12.1. The first-order valence-corrected chi connectivity index (χ1v) is 6.44. The van der Waals surface area contributed by atoms with Gasteiger partial charge in [0, 0.05) is 13.0 Å². The molecule has 0 unspecified atom stereocenters. The molecule has 1 saturated heterocycles. The number of carbonyl (C=O) groups is 2. The Morgan fingerprint density at radius 2 is 1.95 bits per heavy atom. The van der Waals surface area contributed by atoms with Crippen molar-refractivity contribution in [3.05, 3.63) is 29.8 Å². The van der Waals surface area contributed by atoms with E-state index in [1.807, 2.05) is 31.2 Å². The molecule has 1 amide bonds. The molecule has 0 aromatic heterocycles. The van der Waals surface area contributed by atoms with Crippen molar-refractivity contribution in [3.63, 3.8) is 0 Å². The maximum Gasteiger partial charge on any atom is 0.261 e. The standard InChI is InChI=1S/C15H19NO3/c1-11-4-6-12(7-5-11)19-10-14(18)16-9-8-13(17)15(16,2)3/h4-7H,8-10H2,1-3H3. The molecule has 4 heteroatoms. The van der Waals surface area contributed by atoms with E-state index in [2.05, 4.69) is 0 Å². The van der Waals surface area contributed by atoms with Crippen LogP contribution in [-0.2, 0) is 9.59 Å². The van der Waals surface area contributed by atoms with Gasteiger partial charge in [0.15, 0.2) is 12.4 Å². The molecule has 1 aromatic rings. The molecule has 1 heterocycles. The molecule has 1 fully saturated rings. The van der Waals surface area contributed by atoms with Crippen molar-refractivity contribution in [1.82, 2.24) is 4.90 Å². The molecule has 102 valence electrons. The summed E-state index contributed by atoms with van der Waals surface area (Å²) in [5.74, 6) is 0.634. The smallest absolute Gasteiger partial charge is 0.261 e. The third-order valence-electron chi connectivity index (χ3n) is 3.60. The van der Waals surface area contributed by atoms with E-state index in [1.54, 1.807) is 18.7 Å². The summed E-state index contributed by atoms with van der Waals surface area (Å²) in [6, 6.07) is 7.54. The Bertz CT molecular complexity index is 491. The van der Waals surface area contributed by atoms with E-state index in [0.29, 0.717) is 18.7 Å². The zero-order chi connectivity index (χ0) is 14.0. The van der Waals surface area contributed by atoms with Gasteiger partial charge in [0.25, 0.3) is 5.91 Å². The molecule has 1 aliphatic heterocycles. The highest BCUT2D eigenvalue weighted by Crippen LogP contribution is 2.25. The average molecular weight is 261 g/mol. The zero-order valence-corrected chi connectivity index (χ0v) is 11.6. The molecule has 2 rings (SSSR count). The van der Waals surface area contributed by atoms with Crippen LogP contribution >= 0.6 is 0 Å². The summed E-state index contributed by atoms with van der Waals surface area (Å²) >= 11 is 0. The van der Waals surface area contributed by atoms with Crippen molar-refractivity contribution in [2.45, 2.75) is 32.7 Å². The summed E-state index contributed by atoms with van der Waals surface area (Å²) in [4.78, 5) is 25.4. The summed E-state index contributed by atoms with van der Waals surface area (Å²) in [5.41, 5.74) is 0.443. The van der Waals surface area contributed by atoms with E-state index in [1.165, 1.54) is 0 Å². The van der Waals surface area contributed by atoms with Gasteiger partial charge in [0.1, 0.15) is 5.75 Å². The predicted molar refractivity (Wildman–Crippen MR) is 72.1 cm³/mol. The third-order valence-corrected chi connectivity index (χ3v) is 3.60. The summed E-state index contributed by atoms with van der Waals surface area (Å²) < 4.78 is 5.46. The molecule has 0 atom stereocenters. The van der Waals surface area contributed by atoms with Crippen LogP contribution in [0.15, 0.2) is 24.3 Å². The van der Waals surface area contributed by atoms with Crippen molar-refractivity contribution in [3.8, 4) is 5.75 Å². The molecule has 0 aliphatic carbocycles. The van der Waals surface area contributed by atoms with E-state index in [4.69, 9.17) is 4.74 Å². The van der Waals surface area contributed by atoms with Crippen LogP contribution in [0, 0.1) is 6.92 Å². The first kappa shape index (κ1) is 13.6. The number of amides is 1. The number of nitrogens with zero attached hydrogens (tertiary/aromatic N) is 1. The van der Waals surface area contributed by atoms with Crippen LogP contribution in [0.5, 0.6) is 5.75 Å². The van der Waals surface area contributed by atoms with Crippen LogP contribution in [0.1, 0.15) is 25.8 Å². The van der Waals surface area contributed by atoms with Crippen molar-refractivity contribution in [1.29, 1.82) is 0 Å². The minimum Gasteiger partial charge on any atom is -0.484 e. The van der Waals surface area contributed by atoms with Gasteiger partial charge in [-0.05, 0) is 32.9 Å². The van der Waals surface area contributed by atoms with Crippen molar-refractivity contribution < 1.29 is 14.3 Å². The van der Waals surface area contributed by atoms with Crippen LogP contribution in [0.25, 0.3) is 0 Å². The van der Waals surface area contributed by atoms with E-state index in [-0.39, 0.29) is 18.3 Å². The van der Waals surface area contributed by atoms with Crippen LogP contribution in [0.4, 0.5) is 0 Å². The Hall–Kier alpha value is -1.84. The number of Topliss-reactive ketones (excluding diaryl/α,β-unsaturated/α-hetero) is 1. The number of likely N-dealkylation sites (tertiary alicyclic amines) is 1. The summed E-state index contributed by atoms with van der Waals surface area (Å²) in [6.07, 6.45) is 0.434. The second kappa shape index (κ2) is 5.03. The molecule has 0 radical (unpaired) electrons. The van der Waals surface area contributed by atoms with Crippen molar-refractivity contribution in [2.75, 3.05) is 13.2 Å². The fourth-order valence-corrected chi connectivity index (χ4v) is 2.24. The van der Waals surface area contributed by atoms with Gasteiger partial charge in [-0.3, -0.25) is 9.59 Å². The number of ketones is 1. The lowest BCUT2D eigenvalue weighted by molar-refractivity contribution is -0.140. The zero-order valence-electron chi connectivity index (χ0n) is 11.6. The van der Waals surface area contributed by atoms with E-state index < -0.39 is 5.54 Å². The lowest BCUT2D eigenvalue weighted by Gasteiger charge is -2.29. The molecule has 0 N–H and O–H groups in total. The Balaban J connectivity index is 1.95. The molecule has 0 bridgehead atoms. The number of rotatable bonds is 3. The fourth-order valence-electron chi connectivity index (χ4n) is 2.24. The van der Waals surface area contributed by atoms with Gasteiger partial charge in [0.2, 0.25) is 0 Å². The molecular formula is C15H19NO3. The highest BCUT2D eigenvalue weighted by molar-refractivity contribution is 5.95. The Morgan fingerprint density at radius 3 is 2.47 bits per heavy atom. The van der Waals surface area contributed by atoms with Crippen molar-refractivity contribution >= 4 is 11.7 Å². The molecule has 1 aliphatic rings. The molecule has 0 saturated carbocycles. The van der Waals surface area contributed by atoms with Crippen LogP contribution in [-0.4, -0.2) is 35.3 Å². The predicted octanol–water partition coefficient (Wildman–Crippen LogP) is 1.95. The first-order valence-electron chi connectivity index (χ1n) is 6.44. The molecular weight excluding hydrogens is 242 g/mol. The number of hydrogen-bond acceptors (Lipinski definition) is 3. The van der Waals surface area contributed by atoms with Gasteiger partial charge in [-0.25, -0.2) is 0 Å². The topological polar surface area (TPSA) is 46.6 Å². The van der Waals surface area contributed by atoms with Gasteiger partial charge in [0.05, 0.1) is 5.54 Å². The van der Waals surface area contributed by atoms with Gasteiger partial charge >= 0.3 is 0 Å². The number of aryl methyl sites for hydroxylation is 1. The van der Waals surface area contributed by atoms with Gasteiger partial charge < -0.3 is 9.64 Å². The maximum atomic E-state index is 12.1. The van der Waals surface area contributed by atoms with Crippen LogP contribution < -0.4 is 4.74 Å². The summed E-state index contributed by atoms with van der Waals surface area (Å²) in [5, 5.41) is 0. The van der Waals surface area contributed by atoms with E-state index in [9.17, 15) is 9.59 Å². The average Bonchev–Trinajstić information content (AvgIpc) is 2.63. The number of hydrogen-bond donors (Lipinski definition) is 0. The molecule has 1 aromatic carbocycles. The molecule has 19 heavy (non-hydrogen) atoms. The monoisotopic (exact) mass is 261 g/mol. The minimum atomic E-state index is -0.701. The van der Waals surface area contributed by atoms with Crippen molar-refractivity contribution in [2.24, 2.45) is 0 Å². The second-order valence-corrected chi connectivity index (χ2v) is 5.38. The second-order valence-electron chi connectivity index (χ2n) is 5.38. The normalized spacial score (nSPS) is 17.6. The number of benzene rings is 1. The first-order chi connectivity index (χ1) is 8.91. The van der Waals surface area contributed by atoms with Gasteiger partial charge in [-0.15, -0.1) is 0 Å². The quantitative estimate of drug-likeness (QED) is 0.835. The van der Waals surface area contributed by atoms with Gasteiger partial charge in [-0.1, -0.05) is 17.7 Å². The SMILES string of the molecule is Cc1ccc(OCC(=O)N2CCC(=O)C2(C)C)cc1.